The Balaban J connectivity index is 2.75. The molecule has 2 aromatic rings. The van der Waals surface area contributed by atoms with Crippen molar-refractivity contribution in [2.45, 2.75) is 0 Å². The number of nitrogens with zero attached hydrogens (tertiary/aromatic N) is 1. The topological polar surface area (TPSA) is 85.6 Å². The summed E-state index contributed by atoms with van der Waals surface area (Å²) < 4.78 is 26.8. The van der Waals surface area contributed by atoms with Gasteiger partial charge in [-0.3, -0.25) is 4.79 Å². The first kappa shape index (κ1) is 11.5. The molecule has 0 fully saturated rings. The predicted molar refractivity (Wildman–Crippen MR) is 60.9 cm³/mol. The Morgan fingerprint density at radius 3 is 2.59 bits per heavy atom. The minimum Gasteiger partial charge on any atom is -0.425 e. The first-order valence-corrected chi connectivity index (χ1v) is 6.43. The standard InChI is InChI=1S/C10H9NO5S/c1-17(14,15)16-9-6-7-4-2-3-5-8(7)11(13)10(9)12/h2-6,13H,1H3. The van der Waals surface area contributed by atoms with Gasteiger partial charge in [0.05, 0.1) is 11.8 Å². The summed E-state index contributed by atoms with van der Waals surface area (Å²) in [5.41, 5.74) is -0.646. The normalized spacial score (nSPS) is 11.6. The smallest absolute Gasteiger partial charge is 0.327 e. The molecule has 0 aliphatic heterocycles. The van der Waals surface area contributed by atoms with Crippen molar-refractivity contribution in [1.29, 1.82) is 0 Å². The summed E-state index contributed by atoms with van der Waals surface area (Å²) in [6.45, 7) is 0. The molecule has 2 rings (SSSR count). The van der Waals surface area contributed by atoms with Gasteiger partial charge in [-0.2, -0.15) is 8.42 Å². The molecule has 1 heterocycles. The fourth-order valence-corrected chi connectivity index (χ4v) is 1.89. The first-order valence-electron chi connectivity index (χ1n) is 4.62. The molecule has 0 aliphatic carbocycles. The third-order valence-electron chi connectivity index (χ3n) is 2.10. The molecular formula is C10H9NO5S. The molecule has 1 N–H and O–H groups in total. The number of benzene rings is 1. The number of pyridine rings is 1. The average molecular weight is 255 g/mol. The molecule has 1 aromatic heterocycles. The summed E-state index contributed by atoms with van der Waals surface area (Å²) >= 11 is 0. The van der Waals surface area contributed by atoms with Crippen LogP contribution in [-0.2, 0) is 10.1 Å². The Morgan fingerprint density at radius 2 is 1.94 bits per heavy atom. The molecule has 0 radical (unpaired) electrons. The van der Waals surface area contributed by atoms with E-state index in [0.717, 1.165) is 6.26 Å². The van der Waals surface area contributed by atoms with Crippen molar-refractivity contribution in [2.24, 2.45) is 0 Å². The SMILES string of the molecule is CS(=O)(=O)Oc1cc2ccccc2n(O)c1=O. The van der Waals surface area contributed by atoms with E-state index in [-0.39, 0.29) is 5.52 Å². The summed E-state index contributed by atoms with van der Waals surface area (Å²) in [6, 6.07) is 7.76. The minimum absolute atomic E-state index is 0.276. The highest BCUT2D eigenvalue weighted by Crippen LogP contribution is 2.16. The lowest BCUT2D eigenvalue weighted by Crippen LogP contribution is -2.22. The van der Waals surface area contributed by atoms with Crippen LogP contribution in [0.4, 0.5) is 0 Å². The van der Waals surface area contributed by atoms with Crippen LogP contribution in [0.25, 0.3) is 10.9 Å². The molecule has 6 nitrogen and oxygen atoms in total. The van der Waals surface area contributed by atoms with Crippen LogP contribution in [0.15, 0.2) is 35.1 Å². The molecule has 0 spiro atoms. The van der Waals surface area contributed by atoms with Crippen LogP contribution >= 0.6 is 0 Å². The maximum atomic E-state index is 11.6. The molecule has 0 bridgehead atoms. The zero-order valence-corrected chi connectivity index (χ0v) is 9.64. The van der Waals surface area contributed by atoms with Gasteiger partial charge in [0, 0.05) is 5.39 Å². The number of rotatable bonds is 2. The molecule has 7 heteroatoms. The molecule has 0 aliphatic rings. The lowest BCUT2D eigenvalue weighted by molar-refractivity contribution is 0.186. The van der Waals surface area contributed by atoms with Crippen molar-refractivity contribution in [3.8, 4) is 5.75 Å². The number of para-hydroxylation sites is 1. The monoisotopic (exact) mass is 255 g/mol. The zero-order chi connectivity index (χ0) is 12.6. The van der Waals surface area contributed by atoms with Crippen LogP contribution in [0, 0.1) is 0 Å². The van der Waals surface area contributed by atoms with Gasteiger partial charge in [0.1, 0.15) is 0 Å². The van der Waals surface area contributed by atoms with Gasteiger partial charge in [0.25, 0.3) is 0 Å². The number of hydrogen-bond donors (Lipinski definition) is 1. The summed E-state index contributed by atoms with van der Waals surface area (Å²) in [6.07, 6.45) is 0.823. The van der Waals surface area contributed by atoms with E-state index in [1.54, 1.807) is 18.2 Å². The Hall–Kier alpha value is -2.02. The van der Waals surface area contributed by atoms with Gasteiger partial charge in [0.2, 0.25) is 5.75 Å². The van der Waals surface area contributed by atoms with Crippen LogP contribution in [0.5, 0.6) is 5.75 Å². The molecule has 0 saturated heterocycles. The highest BCUT2D eigenvalue weighted by Gasteiger charge is 2.13. The molecule has 0 saturated carbocycles. The summed E-state index contributed by atoms with van der Waals surface area (Å²) in [7, 11) is -3.81. The quantitative estimate of drug-likeness (QED) is 0.626. The van der Waals surface area contributed by atoms with E-state index < -0.39 is 21.4 Å². The Morgan fingerprint density at radius 1 is 1.29 bits per heavy atom. The van der Waals surface area contributed by atoms with E-state index in [0.29, 0.717) is 10.1 Å². The van der Waals surface area contributed by atoms with Crippen LogP contribution in [-0.4, -0.2) is 24.6 Å². The van der Waals surface area contributed by atoms with Gasteiger partial charge in [-0.05, 0) is 12.1 Å². The molecule has 1 aromatic carbocycles. The van der Waals surface area contributed by atoms with Gasteiger partial charge < -0.3 is 9.39 Å². The average Bonchev–Trinajstić information content (AvgIpc) is 2.24. The van der Waals surface area contributed by atoms with Gasteiger partial charge in [0.15, 0.2) is 0 Å². The molecular weight excluding hydrogens is 246 g/mol. The number of hydrogen-bond acceptors (Lipinski definition) is 5. The second kappa shape index (κ2) is 3.77. The van der Waals surface area contributed by atoms with Crippen molar-refractivity contribution in [3.63, 3.8) is 0 Å². The zero-order valence-electron chi connectivity index (χ0n) is 8.82. The first-order chi connectivity index (χ1) is 7.88. The summed E-state index contributed by atoms with van der Waals surface area (Å²) in [5.74, 6) is -0.436. The fraction of sp³-hybridized carbons (Fsp3) is 0.100. The maximum Gasteiger partial charge on any atom is 0.327 e. The van der Waals surface area contributed by atoms with Gasteiger partial charge in [-0.15, -0.1) is 4.73 Å². The summed E-state index contributed by atoms with van der Waals surface area (Å²) in [5, 5.41) is 10.1. The van der Waals surface area contributed by atoms with Crippen LogP contribution < -0.4 is 9.74 Å². The predicted octanol–water partition coefficient (Wildman–Crippen LogP) is 0.577. The molecule has 0 amide bonds. The van der Waals surface area contributed by atoms with Crippen molar-refractivity contribution in [1.82, 2.24) is 4.73 Å². The van der Waals surface area contributed by atoms with Gasteiger partial charge in [-0.25, -0.2) is 0 Å². The Bertz CT molecular complexity index is 732. The lowest BCUT2D eigenvalue weighted by Gasteiger charge is -2.06. The summed E-state index contributed by atoms with van der Waals surface area (Å²) in [4.78, 5) is 11.6. The van der Waals surface area contributed by atoms with Crippen molar-refractivity contribution in [3.05, 3.63) is 40.7 Å². The maximum absolute atomic E-state index is 11.6. The van der Waals surface area contributed by atoms with Crippen molar-refractivity contribution >= 4 is 21.0 Å². The van der Waals surface area contributed by atoms with E-state index in [1.165, 1.54) is 12.1 Å². The Kier molecular flexibility index (Phi) is 2.55. The van der Waals surface area contributed by atoms with E-state index in [4.69, 9.17) is 0 Å². The van der Waals surface area contributed by atoms with E-state index >= 15 is 0 Å². The largest absolute Gasteiger partial charge is 0.425 e. The van der Waals surface area contributed by atoms with E-state index in [2.05, 4.69) is 4.18 Å². The third-order valence-corrected chi connectivity index (χ3v) is 2.58. The second-order valence-electron chi connectivity index (χ2n) is 3.47. The van der Waals surface area contributed by atoms with Crippen LogP contribution in [0.1, 0.15) is 0 Å². The van der Waals surface area contributed by atoms with Crippen molar-refractivity contribution < 1.29 is 17.8 Å². The fourth-order valence-electron chi connectivity index (χ4n) is 1.44. The second-order valence-corrected chi connectivity index (χ2v) is 5.05. The third kappa shape index (κ3) is 2.23. The minimum atomic E-state index is -3.81. The van der Waals surface area contributed by atoms with E-state index in [9.17, 15) is 18.4 Å². The lowest BCUT2D eigenvalue weighted by atomic mass is 10.2. The van der Waals surface area contributed by atoms with Crippen molar-refractivity contribution in [2.75, 3.05) is 6.26 Å². The molecule has 17 heavy (non-hydrogen) atoms. The van der Waals surface area contributed by atoms with Crippen LogP contribution in [0.2, 0.25) is 0 Å². The molecule has 0 atom stereocenters. The molecule has 90 valence electrons. The van der Waals surface area contributed by atoms with Crippen LogP contribution in [0.3, 0.4) is 0 Å². The Labute approximate surface area is 96.8 Å². The highest BCUT2D eigenvalue weighted by atomic mass is 32.2. The number of fused-ring (bicyclic) bond motifs is 1. The highest BCUT2D eigenvalue weighted by molar-refractivity contribution is 7.86. The van der Waals surface area contributed by atoms with Gasteiger partial charge >= 0.3 is 15.7 Å². The number of aromatic nitrogens is 1. The van der Waals surface area contributed by atoms with E-state index in [1.807, 2.05) is 0 Å². The van der Waals surface area contributed by atoms with Gasteiger partial charge in [-0.1, -0.05) is 18.2 Å². The molecule has 0 unspecified atom stereocenters.